The predicted molar refractivity (Wildman–Crippen MR) is 80.6 cm³/mol. The van der Waals surface area contributed by atoms with E-state index in [4.69, 9.17) is 16.9 Å². The summed E-state index contributed by atoms with van der Waals surface area (Å²) < 4.78 is 13.5. The summed E-state index contributed by atoms with van der Waals surface area (Å²) in [6.07, 6.45) is 0. The van der Waals surface area contributed by atoms with Gasteiger partial charge in [-0.2, -0.15) is 5.26 Å². The molecule has 2 N–H and O–H groups in total. The zero-order valence-corrected chi connectivity index (χ0v) is 12.2. The van der Waals surface area contributed by atoms with Crippen LogP contribution >= 0.6 is 11.6 Å². The molecule has 21 heavy (non-hydrogen) atoms. The number of hydrogen-bond donors (Lipinski definition) is 2. The number of anilines is 1. The SMILES string of the molecule is CC(O)(CNc1cccc(F)c1C#N)c1ccccc1Cl. The van der Waals surface area contributed by atoms with Gasteiger partial charge < -0.3 is 10.4 Å². The molecule has 1 atom stereocenters. The van der Waals surface area contributed by atoms with Crippen molar-refractivity contribution in [3.8, 4) is 6.07 Å². The average molecular weight is 305 g/mol. The van der Waals surface area contributed by atoms with Crippen molar-refractivity contribution >= 4 is 17.3 Å². The molecule has 0 radical (unpaired) electrons. The Morgan fingerprint density at radius 3 is 2.67 bits per heavy atom. The van der Waals surface area contributed by atoms with Crippen molar-refractivity contribution in [2.75, 3.05) is 11.9 Å². The van der Waals surface area contributed by atoms with Gasteiger partial charge in [0.15, 0.2) is 0 Å². The molecule has 0 saturated carbocycles. The van der Waals surface area contributed by atoms with E-state index in [1.807, 2.05) is 0 Å². The summed E-state index contributed by atoms with van der Waals surface area (Å²) in [5.41, 5.74) is -0.427. The van der Waals surface area contributed by atoms with Crippen LogP contribution in [-0.2, 0) is 5.60 Å². The highest BCUT2D eigenvalue weighted by atomic mass is 35.5. The molecule has 2 rings (SSSR count). The van der Waals surface area contributed by atoms with Crippen LogP contribution in [0, 0.1) is 17.1 Å². The zero-order valence-electron chi connectivity index (χ0n) is 11.4. The number of benzene rings is 2. The van der Waals surface area contributed by atoms with Crippen molar-refractivity contribution < 1.29 is 9.50 Å². The van der Waals surface area contributed by atoms with E-state index in [0.717, 1.165) is 0 Å². The summed E-state index contributed by atoms with van der Waals surface area (Å²) in [6.45, 7) is 1.70. The third kappa shape index (κ3) is 3.33. The molecule has 0 spiro atoms. The van der Waals surface area contributed by atoms with E-state index in [1.54, 1.807) is 43.3 Å². The summed E-state index contributed by atoms with van der Waals surface area (Å²) in [7, 11) is 0. The van der Waals surface area contributed by atoms with Crippen LogP contribution in [0.15, 0.2) is 42.5 Å². The van der Waals surface area contributed by atoms with Crippen LogP contribution in [0.3, 0.4) is 0 Å². The van der Waals surface area contributed by atoms with Crippen molar-refractivity contribution in [3.63, 3.8) is 0 Å². The maximum Gasteiger partial charge on any atom is 0.143 e. The van der Waals surface area contributed by atoms with E-state index in [-0.39, 0.29) is 12.1 Å². The smallest absolute Gasteiger partial charge is 0.143 e. The van der Waals surface area contributed by atoms with Gasteiger partial charge in [-0.1, -0.05) is 35.9 Å². The van der Waals surface area contributed by atoms with Crippen molar-refractivity contribution in [2.24, 2.45) is 0 Å². The minimum absolute atomic E-state index is 0.0764. The van der Waals surface area contributed by atoms with Crippen molar-refractivity contribution in [2.45, 2.75) is 12.5 Å². The number of hydrogen-bond acceptors (Lipinski definition) is 3. The second-order valence-electron chi connectivity index (χ2n) is 4.88. The van der Waals surface area contributed by atoms with Gasteiger partial charge in [-0.05, 0) is 25.1 Å². The van der Waals surface area contributed by atoms with E-state index >= 15 is 0 Å². The molecule has 0 aliphatic rings. The summed E-state index contributed by atoms with van der Waals surface area (Å²) in [5.74, 6) is -0.597. The van der Waals surface area contributed by atoms with Gasteiger partial charge in [0.25, 0.3) is 0 Å². The molecular weight excluding hydrogens is 291 g/mol. The number of nitriles is 1. The first kappa shape index (κ1) is 15.3. The molecule has 108 valence electrons. The lowest BCUT2D eigenvalue weighted by molar-refractivity contribution is 0.0716. The lowest BCUT2D eigenvalue weighted by atomic mass is 9.95. The Morgan fingerprint density at radius 2 is 2.00 bits per heavy atom. The Balaban J connectivity index is 2.22. The minimum Gasteiger partial charge on any atom is -0.384 e. The van der Waals surface area contributed by atoms with Crippen molar-refractivity contribution in [1.82, 2.24) is 0 Å². The van der Waals surface area contributed by atoms with Gasteiger partial charge in [0, 0.05) is 17.1 Å². The monoisotopic (exact) mass is 304 g/mol. The van der Waals surface area contributed by atoms with Gasteiger partial charge in [0.05, 0.1) is 5.69 Å². The third-order valence-corrected chi connectivity index (χ3v) is 3.53. The number of nitrogens with zero attached hydrogens (tertiary/aromatic N) is 1. The topological polar surface area (TPSA) is 56.0 Å². The van der Waals surface area contributed by atoms with Crippen LogP contribution in [0.4, 0.5) is 10.1 Å². The highest BCUT2D eigenvalue weighted by Gasteiger charge is 2.25. The molecular formula is C16H14ClFN2O. The molecule has 0 aliphatic carbocycles. The lowest BCUT2D eigenvalue weighted by Crippen LogP contribution is -2.31. The second kappa shape index (κ2) is 6.13. The van der Waals surface area contributed by atoms with Crippen molar-refractivity contribution in [3.05, 3.63) is 64.4 Å². The molecule has 3 nitrogen and oxygen atoms in total. The fourth-order valence-corrected chi connectivity index (χ4v) is 2.38. The molecule has 2 aromatic carbocycles. The average Bonchev–Trinajstić information content (AvgIpc) is 2.45. The summed E-state index contributed by atoms with van der Waals surface area (Å²) in [5, 5.41) is 22.9. The Bertz CT molecular complexity index is 695. The molecule has 0 amide bonds. The van der Waals surface area contributed by atoms with Crippen LogP contribution in [0.1, 0.15) is 18.1 Å². The maximum atomic E-state index is 13.5. The van der Waals surface area contributed by atoms with Crippen LogP contribution < -0.4 is 5.32 Å². The molecule has 0 saturated heterocycles. The maximum absolute atomic E-state index is 13.5. The van der Waals surface area contributed by atoms with Gasteiger partial charge in [-0.3, -0.25) is 0 Å². The molecule has 0 bridgehead atoms. The summed E-state index contributed by atoms with van der Waals surface area (Å²) in [4.78, 5) is 0. The fraction of sp³-hybridized carbons (Fsp3) is 0.188. The molecule has 5 heteroatoms. The minimum atomic E-state index is -1.25. The van der Waals surface area contributed by atoms with E-state index in [1.165, 1.54) is 12.1 Å². The van der Waals surface area contributed by atoms with Crippen LogP contribution in [-0.4, -0.2) is 11.7 Å². The van der Waals surface area contributed by atoms with Gasteiger partial charge in [-0.25, -0.2) is 4.39 Å². The summed E-state index contributed by atoms with van der Waals surface area (Å²) >= 11 is 6.07. The second-order valence-corrected chi connectivity index (χ2v) is 5.29. The molecule has 0 aromatic heterocycles. The predicted octanol–water partition coefficient (Wildman–Crippen LogP) is 3.67. The van der Waals surface area contributed by atoms with E-state index < -0.39 is 11.4 Å². The normalized spacial score (nSPS) is 13.3. The highest BCUT2D eigenvalue weighted by molar-refractivity contribution is 6.31. The third-order valence-electron chi connectivity index (χ3n) is 3.20. The number of aliphatic hydroxyl groups is 1. The Kier molecular flexibility index (Phi) is 4.46. The molecule has 0 fully saturated rings. The number of rotatable bonds is 4. The van der Waals surface area contributed by atoms with Crippen LogP contribution in [0.5, 0.6) is 0 Å². The first-order valence-electron chi connectivity index (χ1n) is 6.35. The Labute approximate surface area is 127 Å². The van der Waals surface area contributed by atoms with E-state index in [0.29, 0.717) is 16.3 Å². The number of halogens is 2. The Hall–Kier alpha value is -2.09. The van der Waals surface area contributed by atoms with Gasteiger partial charge >= 0.3 is 0 Å². The fourth-order valence-electron chi connectivity index (χ4n) is 2.05. The Morgan fingerprint density at radius 1 is 1.29 bits per heavy atom. The van der Waals surface area contributed by atoms with Gasteiger partial charge in [0.2, 0.25) is 0 Å². The first-order chi connectivity index (χ1) is 9.95. The molecule has 2 aromatic rings. The zero-order chi connectivity index (χ0) is 15.5. The van der Waals surface area contributed by atoms with Gasteiger partial charge in [-0.15, -0.1) is 0 Å². The molecule has 0 heterocycles. The number of nitrogens with one attached hydrogen (secondary N) is 1. The highest BCUT2D eigenvalue weighted by Crippen LogP contribution is 2.28. The van der Waals surface area contributed by atoms with Crippen LogP contribution in [0.2, 0.25) is 5.02 Å². The standard InChI is InChI=1S/C16H14ClFN2O/c1-16(21,12-5-2-3-6-13(12)17)10-20-15-8-4-7-14(18)11(15)9-19/h2-8,20-21H,10H2,1H3. The molecule has 0 aliphatic heterocycles. The van der Waals surface area contributed by atoms with Crippen molar-refractivity contribution in [1.29, 1.82) is 5.26 Å². The largest absolute Gasteiger partial charge is 0.384 e. The lowest BCUT2D eigenvalue weighted by Gasteiger charge is -2.26. The van der Waals surface area contributed by atoms with Gasteiger partial charge in [0.1, 0.15) is 23.1 Å². The van der Waals surface area contributed by atoms with E-state index in [9.17, 15) is 9.50 Å². The quantitative estimate of drug-likeness (QED) is 0.906. The van der Waals surface area contributed by atoms with Crippen LogP contribution in [0.25, 0.3) is 0 Å². The summed E-state index contributed by atoms with van der Waals surface area (Å²) in [6, 6.07) is 13.1. The first-order valence-corrected chi connectivity index (χ1v) is 6.73. The van der Waals surface area contributed by atoms with E-state index in [2.05, 4.69) is 5.32 Å². The molecule has 1 unspecified atom stereocenters.